The van der Waals surface area contributed by atoms with E-state index in [1.165, 1.54) is 18.3 Å². The van der Waals surface area contributed by atoms with Gasteiger partial charge in [0.1, 0.15) is 10.8 Å². The topological polar surface area (TPSA) is 72.9 Å². The molecule has 3 aromatic rings. The lowest BCUT2D eigenvalue weighted by Crippen LogP contribution is -2.29. The quantitative estimate of drug-likeness (QED) is 0.650. The number of fused-ring (bicyclic) bond motifs is 1. The van der Waals surface area contributed by atoms with Crippen molar-refractivity contribution < 1.29 is 14.7 Å². The van der Waals surface area contributed by atoms with Crippen molar-refractivity contribution >= 4 is 38.2 Å². The summed E-state index contributed by atoms with van der Waals surface area (Å²) in [4.78, 5) is 28.9. The highest BCUT2D eigenvalue weighted by Crippen LogP contribution is 2.43. The Kier molecular flexibility index (Phi) is 6.20. The molecule has 0 aliphatic carbocycles. The average molecular weight is 412 g/mol. The first-order chi connectivity index (χ1) is 13.8. The van der Waals surface area contributed by atoms with Gasteiger partial charge in [-0.05, 0) is 31.8 Å². The van der Waals surface area contributed by atoms with Gasteiger partial charge in [-0.3, -0.25) is 14.5 Å². The Morgan fingerprint density at radius 3 is 2.34 bits per heavy atom. The Morgan fingerprint density at radius 1 is 1.07 bits per heavy atom. The Balaban J connectivity index is 2.23. The summed E-state index contributed by atoms with van der Waals surface area (Å²) in [5, 5.41) is 14.4. The van der Waals surface area contributed by atoms with Crippen LogP contribution in [0.5, 0.6) is 5.75 Å². The molecule has 2 aromatic carbocycles. The predicted molar refractivity (Wildman–Crippen MR) is 118 cm³/mol. The number of hydrogen-bond donors (Lipinski definition) is 2. The molecule has 0 aliphatic heterocycles. The van der Waals surface area contributed by atoms with Crippen LogP contribution in [0.15, 0.2) is 42.5 Å². The Hall–Kier alpha value is -2.90. The molecule has 0 spiro atoms. The summed E-state index contributed by atoms with van der Waals surface area (Å²) in [6.07, 6.45) is 0. The van der Waals surface area contributed by atoms with E-state index < -0.39 is 0 Å². The maximum Gasteiger partial charge on any atom is 0.254 e. The zero-order valence-electron chi connectivity index (χ0n) is 17.0. The maximum atomic E-state index is 12.8. The molecule has 0 saturated heterocycles. The number of nitrogens with zero attached hydrogens (tertiary/aromatic N) is 2. The van der Waals surface area contributed by atoms with Crippen molar-refractivity contribution in [2.45, 2.75) is 20.0 Å². The first-order valence-corrected chi connectivity index (χ1v) is 10.1. The van der Waals surface area contributed by atoms with Gasteiger partial charge in [-0.1, -0.05) is 30.3 Å². The minimum absolute atomic E-state index is 0.149. The molecule has 29 heavy (non-hydrogen) atoms. The van der Waals surface area contributed by atoms with Gasteiger partial charge in [0.2, 0.25) is 5.91 Å². The number of benzene rings is 2. The first-order valence-electron chi connectivity index (χ1n) is 9.29. The lowest BCUT2D eigenvalue weighted by molar-refractivity contribution is -0.116. The van der Waals surface area contributed by atoms with Crippen LogP contribution in [0.2, 0.25) is 0 Å². The van der Waals surface area contributed by atoms with Gasteiger partial charge in [0, 0.05) is 36.2 Å². The van der Waals surface area contributed by atoms with Crippen LogP contribution in [0, 0.1) is 0 Å². The lowest BCUT2D eigenvalue weighted by Gasteiger charge is -2.21. The summed E-state index contributed by atoms with van der Waals surface area (Å²) in [5.41, 5.74) is 2.18. The third-order valence-corrected chi connectivity index (χ3v) is 5.94. The molecule has 0 radical (unpaired) electrons. The van der Waals surface area contributed by atoms with Crippen LogP contribution in [0.4, 0.5) is 5.00 Å². The van der Waals surface area contributed by atoms with Gasteiger partial charge in [-0.2, -0.15) is 0 Å². The number of amides is 2. The molecule has 152 valence electrons. The fraction of sp³-hybridized carbons (Fsp3) is 0.273. The third kappa shape index (κ3) is 4.26. The second-order valence-electron chi connectivity index (χ2n) is 7.13. The average Bonchev–Trinajstić information content (AvgIpc) is 3.07. The van der Waals surface area contributed by atoms with Crippen molar-refractivity contribution in [1.82, 2.24) is 10.2 Å². The van der Waals surface area contributed by atoms with E-state index >= 15 is 0 Å². The SMILES string of the molecule is CNC(=O)c1c(N(Cc2ccccc2)C(C)=O)sc2c(CN(C)C)c(O)ccc12. The van der Waals surface area contributed by atoms with Crippen LogP contribution >= 0.6 is 11.3 Å². The number of rotatable bonds is 6. The van der Waals surface area contributed by atoms with Gasteiger partial charge < -0.3 is 15.3 Å². The minimum Gasteiger partial charge on any atom is -0.508 e. The van der Waals surface area contributed by atoms with Gasteiger partial charge in [-0.15, -0.1) is 11.3 Å². The summed E-state index contributed by atoms with van der Waals surface area (Å²) in [7, 11) is 5.42. The number of hydrogen-bond acceptors (Lipinski definition) is 5. The van der Waals surface area contributed by atoms with E-state index in [0.29, 0.717) is 23.7 Å². The van der Waals surface area contributed by atoms with Crippen LogP contribution in [-0.4, -0.2) is 43.0 Å². The second kappa shape index (κ2) is 8.63. The van der Waals surface area contributed by atoms with Crippen LogP contribution < -0.4 is 10.2 Å². The first kappa shape index (κ1) is 20.8. The van der Waals surface area contributed by atoms with Gasteiger partial charge in [0.05, 0.1) is 12.1 Å². The molecule has 0 unspecified atom stereocenters. The van der Waals surface area contributed by atoms with Gasteiger partial charge in [-0.25, -0.2) is 0 Å². The molecule has 2 amide bonds. The van der Waals surface area contributed by atoms with Crippen molar-refractivity contribution in [3.8, 4) is 5.75 Å². The second-order valence-corrected chi connectivity index (χ2v) is 8.13. The van der Waals surface area contributed by atoms with E-state index in [9.17, 15) is 14.7 Å². The molecule has 3 rings (SSSR count). The molecule has 2 N–H and O–H groups in total. The molecule has 0 atom stereocenters. The number of nitrogens with one attached hydrogen (secondary N) is 1. The Bertz CT molecular complexity index is 1040. The van der Waals surface area contributed by atoms with Crippen LogP contribution in [0.1, 0.15) is 28.4 Å². The summed E-state index contributed by atoms with van der Waals surface area (Å²) < 4.78 is 0.812. The predicted octanol–water partition coefficient (Wildman–Crippen LogP) is 3.58. The molecular weight excluding hydrogens is 386 g/mol. The standard InChI is InChI=1S/C22H25N3O3S/c1-14(26)25(12-15-8-6-5-7-9-15)22-19(21(28)23-2)16-10-11-18(27)17(13-24(3)4)20(16)29-22/h5-11,27H,12-13H2,1-4H3,(H,23,28). The van der Waals surface area contributed by atoms with E-state index in [2.05, 4.69) is 5.32 Å². The number of carbonyl (C=O) groups excluding carboxylic acids is 2. The van der Waals surface area contributed by atoms with E-state index in [1.54, 1.807) is 24.1 Å². The molecular formula is C22H25N3O3S. The van der Waals surface area contributed by atoms with Crippen molar-refractivity contribution in [3.05, 3.63) is 59.2 Å². The lowest BCUT2D eigenvalue weighted by atomic mass is 10.1. The number of phenols is 1. The van der Waals surface area contributed by atoms with Crippen LogP contribution in [0.25, 0.3) is 10.1 Å². The monoisotopic (exact) mass is 411 g/mol. The number of anilines is 1. The van der Waals surface area contributed by atoms with E-state index in [1.807, 2.05) is 49.3 Å². The van der Waals surface area contributed by atoms with Crippen molar-refractivity contribution in [2.75, 3.05) is 26.0 Å². The fourth-order valence-electron chi connectivity index (χ4n) is 3.29. The number of carbonyl (C=O) groups is 2. The zero-order valence-corrected chi connectivity index (χ0v) is 17.8. The zero-order chi connectivity index (χ0) is 21.1. The Labute approximate surface area is 174 Å². The molecule has 7 heteroatoms. The van der Waals surface area contributed by atoms with Crippen molar-refractivity contribution in [1.29, 1.82) is 0 Å². The Morgan fingerprint density at radius 2 is 1.76 bits per heavy atom. The van der Waals surface area contributed by atoms with E-state index in [0.717, 1.165) is 21.2 Å². The molecule has 0 saturated carbocycles. The molecule has 1 heterocycles. The van der Waals surface area contributed by atoms with E-state index in [4.69, 9.17) is 0 Å². The van der Waals surface area contributed by atoms with Crippen molar-refractivity contribution in [3.63, 3.8) is 0 Å². The molecule has 1 aromatic heterocycles. The third-order valence-electron chi connectivity index (χ3n) is 4.65. The highest BCUT2D eigenvalue weighted by molar-refractivity contribution is 7.23. The molecule has 0 fully saturated rings. The maximum absolute atomic E-state index is 12.8. The smallest absolute Gasteiger partial charge is 0.254 e. The summed E-state index contributed by atoms with van der Waals surface area (Å²) in [6, 6.07) is 13.0. The highest BCUT2D eigenvalue weighted by atomic mass is 32.1. The molecule has 0 aliphatic rings. The van der Waals surface area contributed by atoms with E-state index in [-0.39, 0.29) is 17.6 Å². The number of thiophene rings is 1. The normalized spacial score (nSPS) is 11.1. The summed E-state index contributed by atoms with van der Waals surface area (Å²) in [5.74, 6) is -0.226. The van der Waals surface area contributed by atoms with Crippen LogP contribution in [-0.2, 0) is 17.9 Å². The van der Waals surface area contributed by atoms with Gasteiger partial charge in [0.25, 0.3) is 5.91 Å². The van der Waals surface area contributed by atoms with Gasteiger partial charge >= 0.3 is 0 Å². The van der Waals surface area contributed by atoms with Gasteiger partial charge in [0.15, 0.2) is 0 Å². The summed E-state index contributed by atoms with van der Waals surface area (Å²) >= 11 is 1.36. The number of phenolic OH excluding ortho intramolecular Hbond substituents is 1. The summed E-state index contributed by atoms with van der Waals surface area (Å²) in [6.45, 7) is 2.39. The van der Waals surface area contributed by atoms with Crippen molar-refractivity contribution in [2.24, 2.45) is 0 Å². The highest BCUT2D eigenvalue weighted by Gasteiger charge is 2.27. The molecule has 0 bridgehead atoms. The minimum atomic E-state index is -0.257. The van der Waals surface area contributed by atoms with Crippen LogP contribution in [0.3, 0.4) is 0 Å². The largest absolute Gasteiger partial charge is 0.508 e. The fourth-order valence-corrected chi connectivity index (χ4v) is 4.66. The molecule has 6 nitrogen and oxygen atoms in total. The number of aromatic hydroxyl groups is 1.